The summed E-state index contributed by atoms with van der Waals surface area (Å²) in [5.41, 5.74) is 5.54. The first-order valence-corrected chi connectivity index (χ1v) is 6.68. The molecule has 0 aliphatic carbocycles. The van der Waals surface area contributed by atoms with Gasteiger partial charge in [-0.2, -0.15) is 0 Å². The summed E-state index contributed by atoms with van der Waals surface area (Å²) in [5, 5.41) is 15.1. The van der Waals surface area contributed by atoms with E-state index in [0.717, 1.165) is 39.3 Å². The van der Waals surface area contributed by atoms with Crippen LogP contribution in [0.1, 0.15) is 26.7 Å². The highest BCUT2D eigenvalue weighted by molar-refractivity contribution is 5.80. The van der Waals surface area contributed by atoms with E-state index in [9.17, 15) is 0 Å². The maximum Gasteiger partial charge on any atom is 0.140 e. The van der Waals surface area contributed by atoms with Gasteiger partial charge in [-0.15, -0.1) is 0 Å². The lowest BCUT2D eigenvalue weighted by Gasteiger charge is -2.31. The minimum atomic E-state index is 0.261. The third-order valence-electron chi connectivity index (χ3n) is 3.23. The average Bonchev–Trinajstić information content (AvgIpc) is 2.38. The van der Waals surface area contributed by atoms with Gasteiger partial charge in [-0.3, -0.25) is 4.90 Å². The van der Waals surface area contributed by atoms with E-state index >= 15 is 0 Å². The average molecular weight is 258 g/mol. The van der Waals surface area contributed by atoms with E-state index in [2.05, 4.69) is 29.2 Å². The lowest BCUT2D eigenvalue weighted by atomic mass is 10.1. The molecule has 18 heavy (non-hydrogen) atoms. The van der Waals surface area contributed by atoms with Crippen LogP contribution in [0.25, 0.3) is 0 Å². The quantitative estimate of drug-likeness (QED) is 0.263. The molecule has 1 aliphatic heterocycles. The lowest BCUT2D eigenvalue weighted by molar-refractivity contribution is 0.0338. The number of hydrogen-bond acceptors (Lipinski definition) is 5. The van der Waals surface area contributed by atoms with Crippen LogP contribution in [-0.4, -0.2) is 60.9 Å². The van der Waals surface area contributed by atoms with Crippen molar-refractivity contribution in [1.29, 1.82) is 0 Å². The normalized spacial score (nSPS) is 21.8. The first-order valence-electron chi connectivity index (χ1n) is 6.68. The molecule has 6 heteroatoms. The Labute approximate surface area is 109 Å². The molecule has 1 aliphatic rings. The highest BCUT2D eigenvalue weighted by Gasteiger charge is 2.16. The molecule has 106 valence electrons. The third-order valence-corrected chi connectivity index (χ3v) is 3.23. The van der Waals surface area contributed by atoms with E-state index in [4.69, 9.17) is 15.7 Å². The van der Waals surface area contributed by atoms with Gasteiger partial charge >= 0.3 is 0 Å². The molecule has 0 radical (unpaired) electrons. The van der Waals surface area contributed by atoms with E-state index < -0.39 is 0 Å². The van der Waals surface area contributed by atoms with Gasteiger partial charge in [0, 0.05) is 38.1 Å². The molecule has 0 aromatic heterocycles. The summed E-state index contributed by atoms with van der Waals surface area (Å²) in [6.45, 7) is 8.94. The van der Waals surface area contributed by atoms with Crippen LogP contribution >= 0.6 is 0 Å². The Hall–Kier alpha value is -0.850. The number of hydrogen-bond donors (Lipinski definition) is 3. The Kier molecular flexibility index (Phi) is 7.00. The second kappa shape index (κ2) is 8.29. The molecule has 0 spiro atoms. The lowest BCUT2D eigenvalue weighted by Crippen LogP contribution is -2.47. The van der Waals surface area contributed by atoms with E-state index in [0.29, 0.717) is 12.5 Å². The largest absolute Gasteiger partial charge is 0.409 e. The molecule has 1 saturated heterocycles. The van der Waals surface area contributed by atoms with Gasteiger partial charge < -0.3 is 21.0 Å². The summed E-state index contributed by atoms with van der Waals surface area (Å²) in [4.78, 5) is 2.40. The molecule has 2 unspecified atom stereocenters. The zero-order valence-electron chi connectivity index (χ0n) is 11.4. The Balaban J connectivity index is 2.29. The second-order valence-corrected chi connectivity index (χ2v) is 4.88. The highest BCUT2D eigenvalue weighted by Crippen LogP contribution is 2.03. The number of ether oxygens (including phenoxy) is 1. The standard InChI is InChI=1S/C12H26N4O2/c1-3-11(8-12(13)15-17)14-10(2)9-16-4-6-18-7-5-16/h10-11,14,17H,3-9H2,1-2H3,(H2,13,15). The number of nitrogens with two attached hydrogens (primary N) is 1. The van der Waals surface area contributed by atoms with E-state index in [1.165, 1.54) is 0 Å². The predicted molar refractivity (Wildman–Crippen MR) is 72.0 cm³/mol. The number of oxime groups is 1. The molecule has 0 saturated carbocycles. The van der Waals surface area contributed by atoms with Crippen LogP contribution in [0.4, 0.5) is 0 Å². The minimum absolute atomic E-state index is 0.261. The number of morpholine rings is 1. The van der Waals surface area contributed by atoms with Crippen molar-refractivity contribution in [3.05, 3.63) is 0 Å². The fourth-order valence-corrected chi connectivity index (χ4v) is 2.24. The van der Waals surface area contributed by atoms with Gasteiger partial charge in [-0.05, 0) is 13.3 Å². The summed E-state index contributed by atoms with van der Waals surface area (Å²) in [6, 6.07) is 0.650. The van der Waals surface area contributed by atoms with Gasteiger partial charge in [0.05, 0.1) is 13.2 Å². The maximum absolute atomic E-state index is 8.59. The van der Waals surface area contributed by atoms with Gasteiger partial charge in [-0.25, -0.2) is 0 Å². The number of nitrogens with zero attached hydrogens (tertiary/aromatic N) is 2. The maximum atomic E-state index is 8.59. The van der Waals surface area contributed by atoms with Crippen LogP contribution in [0.5, 0.6) is 0 Å². The summed E-state index contributed by atoms with van der Waals surface area (Å²) in [7, 11) is 0. The van der Waals surface area contributed by atoms with Crippen molar-refractivity contribution in [2.75, 3.05) is 32.8 Å². The Morgan fingerprint density at radius 3 is 2.72 bits per heavy atom. The van der Waals surface area contributed by atoms with Crippen molar-refractivity contribution in [2.24, 2.45) is 10.9 Å². The van der Waals surface area contributed by atoms with E-state index in [1.54, 1.807) is 0 Å². The van der Waals surface area contributed by atoms with Crippen molar-refractivity contribution in [2.45, 2.75) is 38.8 Å². The molecule has 2 atom stereocenters. The fourth-order valence-electron chi connectivity index (χ4n) is 2.24. The predicted octanol–water partition coefficient (Wildman–Crippen LogP) is 0.212. The monoisotopic (exact) mass is 258 g/mol. The molecule has 1 heterocycles. The molecule has 1 rings (SSSR count). The Morgan fingerprint density at radius 1 is 1.50 bits per heavy atom. The molecular formula is C12H26N4O2. The van der Waals surface area contributed by atoms with Crippen molar-refractivity contribution in [3.63, 3.8) is 0 Å². The third kappa shape index (κ3) is 5.66. The smallest absolute Gasteiger partial charge is 0.140 e. The number of nitrogens with one attached hydrogen (secondary N) is 1. The van der Waals surface area contributed by atoms with Crippen LogP contribution in [0.3, 0.4) is 0 Å². The zero-order chi connectivity index (χ0) is 13.4. The first kappa shape index (κ1) is 15.2. The van der Waals surface area contributed by atoms with Gasteiger partial charge in [0.2, 0.25) is 0 Å². The molecular weight excluding hydrogens is 232 g/mol. The summed E-state index contributed by atoms with van der Waals surface area (Å²) < 4.78 is 5.33. The molecule has 1 fully saturated rings. The van der Waals surface area contributed by atoms with Crippen LogP contribution in [0.2, 0.25) is 0 Å². The minimum Gasteiger partial charge on any atom is -0.409 e. The van der Waals surface area contributed by atoms with Crippen LogP contribution < -0.4 is 11.1 Å². The van der Waals surface area contributed by atoms with Gasteiger partial charge in [-0.1, -0.05) is 12.1 Å². The van der Waals surface area contributed by atoms with Crippen molar-refractivity contribution in [3.8, 4) is 0 Å². The van der Waals surface area contributed by atoms with Crippen LogP contribution in [-0.2, 0) is 4.74 Å². The summed E-state index contributed by atoms with van der Waals surface area (Å²) in [6.07, 6.45) is 1.55. The van der Waals surface area contributed by atoms with Crippen molar-refractivity contribution >= 4 is 5.84 Å². The highest BCUT2D eigenvalue weighted by atomic mass is 16.5. The topological polar surface area (TPSA) is 83.1 Å². The fraction of sp³-hybridized carbons (Fsp3) is 0.917. The molecule has 0 amide bonds. The molecule has 4 N–H and O–H groups in total. The van der Waals surface area contributed by atoms with Gasteiger partial charge in [0.25, 0.3) is 0 Å². The molecule has 0 aromatic carbocycles. The summed E-state index contributed by atoms with van der Waals surface area (Å²) >= 11 is 0. The number of amidine groups is 1. The zero-order valence-corrected chi connectivity index (χ0v) is 11.4. The molecule has 6 nitrogen and oxygen atoms in total. The molecule has 0 bridgehead atoms. The molecule has 0 aromatic rings. The Morgan fingerprint density at radius 2 is 2.17 bits per heavy atom. The number of rotatable bonds is 7. The van der Waals surface area contributed by atoms with E-state index in [1.807, 2.05) is 0 Å². The SMILES string of the molecule is CCC(CC(N)=NO)NC(C)CN1CCOCC1. The van der Waals surface area contributed by atoms with Crippen molar-refractivity contribution in [1.82, 2.24) is 10.2 Å². The van der Waals surface area contributed by atoms with Crippen molar-refractivity contribution < 1.29 is 9.94 Å². The first-order chi connectivity index (χ1) is 8.65. The second-order valence-electron chi connectivity index (χ2n) is 4.88. The van der Waals surface area contributed by atoms with Crippen LogP contribution in [0.15, 0.2) is 5.16 Å². The van der Waals surface area contributed by atoms with Gasteiger partial charge in [0.15, 0.2) is 0 Å². The Bertz CT molecular complexity index is 254. The summed E-state index contributed by atoms with van der Waals surface area (Å²) in [5.74, 6) is 0.285. The van der Waals surface area contributed by atoms with Crippen LogP contribution in [0, 0.1) is 0 Å². The van der Waals surface area contributed by atoms with Gasteiger partial charge in [0.1, 0.15) is 5.84 Å². The van der Waals surface area contributed by atoms with E-state index in [-0.39, 0.29) is 11.9 Å².